The fourth-order valence-electron chi connectivity index (χ4n) is 4.15. The van der Waals surface area contributed by atoms with Gasteiger partial charge in [-0.05, 0) is 49.2 Å². The quantitative estimate of drug-likeness (QED) is 0.240. The number of ether oxygens (including phenoxy) is 1. The van der Waals surface area contributed by atoms with Crippen LogP contribution in [0.5, 0.6) is 5.75 Å². The number of hydrogen-bond acceptors (Lipinski definition) is 6. The molecule has 1 aliphatic heterocycles. The Morgan fingerprint density at radius 1 is 1.00 bits per heavy atom. The molecule has 0 aliphatic carbocycles. The number of rotatable bonds is 4. The van der Waals surface area contributed by atoms with E-state index in [1.165, 1.54) is 16.2 Å². The summed E-state index contributed by atoms with van der Waals surface area (Å²) in [6.45, 7) is 3.93. The van der Waals surface area contributed by atoms with Gasteiger partial charge in [-0.1, -0.05) is 59.4 Å². The molecule has 1 saturated heterocycles. The van der Waals surface area contributed by atoms with Crippen molar-refractivity contribution in [2.75, 3.05) is 12.0 Å². The van der Waals surface area contributed by atoms with Gasteiger partial charge in [0, 0.05) is 5.56 Å². The van der Waals surface area contributed by atoms with Crippen LogP contribution in [0.3, 0.4) is 0 Å². The molecule has 1 atom stereocenters. The zero-order valence-corrected chi connectivity index (χ0v) is 19.7. The minimum atomic E-state index is -0.849. The third-order valence-electron chi connectivity index (χ3n) is 5.92. The van der Waals surface area contributed by atoms with E-state index in [1.54, 1.807) is 37.4 Å². The van der Waals surface area contributed by atoms with Crippen LogP contribution in [0.2, 0.25) is 0 Å². The second-order valence-electron chi connectivity index (χ2n) is 8.28. The number of carbonyl (C=O) groups is 2. The number of benzene rings is 3. The number of aromatic nitrogens is 1. The van der Waals surface area contributed by atoms with Crippen molar-refractivity contribution < 1.29 is 19.4 Å². The van der Waals surface area contributed by atoms with Crippen LogP contribution in [0.15, 0.2) is 72.3 Å². The standard InChI is InChI=1S/C27H22N2O4S/c1-15-7-10-17(11-8-15)24(30)22-23(18-5-4-6-19(14-18)33-3)29(26(32)25(22)31)27-28-20-12-9-16(2)13-21(20)34-27/h4-14,23,30H,1-3H3/b24-22+/t23-/m1/s1. The molecule has 3 aromatic carbocycles. The van der Waals surface area contributed by atoms with Crippen LogP contribution in [0.4, 0.5) is 5.13 Å². The van der Waals surface area contributed by atoms with Crippen LogP contribution in [-0.2, 0) is 9.59 Å². The first-order valence-electron chi connectivity index (χ1n) is 10.8. The smallest absolute Gasteiger partial charge is 0.301 e. The second-order valence-corrected chi connectivity index (χ2v) is 9.29. The molecule has 0 bridgehead atoms. The van der Waals surface area contributed by atoms with Crippen LogP contribution in [0, 0.1) is 13.8 Å². The Balaban J connectivity index is 1.74. The number of Topliss-reactive ketones (excluding diaryl/α,β-unsaturated/α-hetero) is 1. The van der Waals surface area contributed by atoms with E-state index < -0.39 is 17.7 Å². The monoisotopic (exact) mass is 470 g/mol. The number of nitrogens with zero attached hydrogens (tertiary/aromatic N) is 2. The molecule has 0 radical (unpaired) electrons. The Morgan fingerprint density at radius 2 is 1.74 bits per heavy atom. The molecule has 34 heavy (non-hydrogen) atoms. The number of amides is 1. The number of methoxy groups -OCH3 is 1. The van der Waals surface area contributed by atoms with Crippen molar-refractivity contribution in [3.63, 3.8) is 0 Å². The molecule has 0 spiro atoms. The number of aryl methyl sites for hydroxylation is 2. The molecular formula is C27H22N2O4S. The van der Waals surface area contributed by atoms with E-state index in [4.69, 9.17) is 4.74 Å². The van der Waals surface area contributed by atoms with E-state index in [1.807, 2.05) is 50.2 Å². The fourth-order valence-corrected chi connectivity index (χ4v) is 5.24. The summed E-state index contributed by atoms with van der Waals surface area (Å²) in [5, 5.41) is 11.6. The summed E-state index contributed by atoms with van der Waals surface area (Å²) in [4.78, 5) is 32.7. The maximum Gasteiger partial charge on any atom is 0.301 e. The molecule has 1 aliphatic rings. The average Bonchev–Trinajstić information content (AvgIpc) is 3.37. The van der Waals surface area contributed by atoms with Crippen molar-refractivity contribution in [3.8, 4) is 5.75 Å². The van der Waals surface area contributed by atoms with Gasteiger partial charge in [-0.2, -0.15) is 0 Å². The Morgan fingerprint density at radius 3 is 2.47 bits per heavy atom. The van der Waals surface area contributed by atoms with Gasteiger partial charge in [0.1, 0.15) is 11.5 Å². The molecular weight excluding hydrogens is 448 g/mol. The van der Waals surface area contributed by atoms with Gasteiger partial charge in [-0.3, -0.25) is 14.5 Å². The first-order chi connectivity index (χ1) is 16.4. The number of fused-ring (bicyclic) bond motifs is 1. The molecule has 4 aromatic rings. The van der Waals surface area contributed by atoms with Gasteiger partial charge in [0.05, 0.1) is 28.9 Å². The Hall–Kier alpha value is -3.97. The Bertz CT molecular complexity index is 1470. The fraction of sp³-hybridized carbons (Fsp3) is 0.148. The molecule has 6 nitrogen and oxygen atoms in total. The van der Waals surface area contributed by atoms with Gasteiger partial charge in [-0.15, -0.1) is 0 Å². The van der Waals surface area contributed by atoms with Gasteiger partial charge in [0.15, 0.2) is 5.13 Å². The molecule has 0 unspecified atom stereocenters. The van der Waals surface area contributed by atoms with Crippen molar-refractivity contribution in [2.24, 2.45) is 0 Å². The van der Waals surface area contributed by atoms with Crippen LogP contribution in [-0.4, -0.2) is 28.9 Å². The lowest BCUT2D eigenvalue weighted by Gasteiger charge is -2.23. The highest BCUT2D eigenvalue weighted by Crippen LogP contribution is 2.44. The van der Waals surface area contributed by atoms with Gasteiger partial charge >= 0.3 is 5.91 Å². The summed E-state index contributed by atoms with van der Waals surface area (Å²) in [6, 6.07) is 19.3. The van der Waals surface area contributed by atoms with E-state index in [-0.39, 0.29) is 11.3 Å². The summed E-state index contributed by atoms with van der Waals surface area (Å²) in [7, 11) is 1.55. The molecule has 7 heteroatoms. The molecule has 1 aromatic heterocycles. The predicted molar refractivity (Wildman–Crippen MR) is 133 cm³/mol. The number of hydrogen-bond donors (Lipinski definition) is 1. The van der Waals surface area contributed by atoms with E-state index in [0.29, 0.717) is 22.0 Å². The largest absolute Gasteiger partial charge is 0.507 e. The molecule has 2 heterocycles. The number of aliphatic hydroxyl groups excluding tert-OH is 1. The number of ketones is 1. The summed E-state index contributed by atoms with van der Waals surface area (Å²) in [5.74, 6) is -1.11. The number of thiazole rings is 1. The zero-order chi connectivity index (χ0) is 24.0. The Labute approximate surface area is 200 Å². The van der Waals surface area contributed by atoms with E-state index in [2.05, 4.69) is 4.98 Å². The molecule has 1 N–H and O–H groups in total. The topological polar surface area (TPSA) is 79.7 Å². The Kier molecular flexibility index (Phi) is 5.42. The second kappa shape index (κ2) is 8.43. The van der Waals surface area contributed by atoms with E-state index in [0.717, 1.165) is 21.3 Å². The molecule has 0 saturated carbocycles. The third-order valence-corrected chi connectivity index (χ3v) is 6.94. The van der Waals surface area contributed by atoms with Gasteiger partial charge in [0.25, 0.3) is 5.78 Å². The first kappa shape index (κ1) is 21.9. The zero-order valence-electron chi connectivity index (χ0n) is 18.9. The van der Waals surface area contributed by atoms with Crippen LogP contribution >= 0.6 is 11.3 Å². The highest BCUT2D eigenvalue weighted by atomic mass is 32.1. The lowest BCUT2D eigenvalue weighted by molar-refractivity contribution is -0.132. The number of aliphatic hydroxyl groups is 1. The highest BCUT2D eigenvalue weighted by Gasteiger charge is 2.48. The van der Waals surface area contributed by atoms with Crippen molar-refractivity contribution in [2.45, 2.75) is 19.9 Å². The van der Waals surface area contributed by atoms with Crippen LogP contribution < -0.4 is 9.64 Å². The van der Waals surface area contributed by atoms with Crippen molar-refractivity contribution in [1.82, 2.24) is 4.98 Å². The molecule has 5 rings (SSSR count). The normalized spacial score (nSPS) is 17.5. The predicted octanol–water partition coefficient (Wildman–Crippen LogP) is 5.55. The SMILES string of the molecule is COc1cccc([C@@H]2/C(=C(\O)c3ccc(C)cc3)C(=O)C(=O)N2c2nc3ccc(C)cc3s2)c1. The van der Waals surface area contributed by atoms with Crippen molar-refractivity contribution in [1.29, 1.82) is 0 Å². The van der Waals surface area contributed by atoms with Gasteiger partial charge < -0.3 is 9.84 Å². The summed E-state index contributed by atoms with van der Waals surface area (Å²) in [5.41, 5.74) is 3.98. The minimum absolute atomic E-state index is 0.0255. The lowest BCUT2D eigenvalue weighted by atomic mass is 9.95. The number of anilines is 1. The van der Waals surface area contributed by atoms with Crippen molar-refractivity contribution >= 4 is 44.1 Å². The van der Waals surface area contributed by atoms with Crippen LogP contribution in [0.25, 0.3) is 16.0 Å². The van der Waals surface area contributed by atoms with Crippen molar-refractivity contribution in [3.05, 3.63) is 94.6 Å². The number of carbonyl (C=O) groups excluding carboxylic acids is 2. The van der Waals surface area contributed by atoms with E-state index >= 15 is 0 Å². The first-order valence-corrected chi connectivity index (χ1v) is 11.6. The third kappa shape index (κ3) is 3.64. The lowest BCUT2D eigenvalue weighted by Crippen LogP contribution is -2.29. The average molecular weight is 471 g/mol. The minimum Gasteiger partial charge on any atom is -0.507 e. The summed E-state index contributed by atoms with van der Waals surface area (Å²) >= 11 is 1.34. The molecule has 170 valence electrons. The maximum absolute atomic E-state index is 13.4. The summed E-state index contributed by atoms with van der Waals surface area (Å²) in [6.07, 6.45) is 0. The molecule has 1 fully saturated rings. The van der Waals surface area contributed by atoms with Gasteiger partial charge in [-0.25, -0.2) is 4.98 Å². The highest BCUT2D eigenvalue weighted by molar-refractivity contribution is 7.22. The van der Waals surface area contributed by atoms with Gasteiger partial charge in [0.2, 0.25) is 0 Å². The van der Waals surface area contributed by atoms with E-state index in [9.17, 15) is 14.7 Å². The maximum atomic E-state index is 13.4. The van der Waals surface area contributed by atoms with Crippen LogP contribution in [0.1, 0.15) is 28.3 Å². The molecule has 1 amide bonds. The summed E-state index contributed by atoms with van der Waals surface area (Å²) < 4.78 is 6.30.